The topological polar surface area (TPSA) is 133 Å². The number of aromatic nitrogens is 4. The van der Waals surface area contributed by atoms with Crippen molar-refractivity contribution in [2.75, 3.05) is 5.32 Å². The molecule has 2 aromatic heterocycles. The minimum absolute atomic E-state index is 0. The van der Waals surface area contributed by atoms with Gasteiger partial charge in [0.25, 0.3) is 0 Å². The van der Waals surface area contributed by atoms with Gasteiger partial charge in [0, 0.05) is 29.9 Å². The third kappa shape index (κ3) is 8.18. The summed E-state index contributed by atoms with van der Waals surface area (Å²) in [6, 6.07) is 17.4. The first-order valence-corrected chi connectivity index (χ1v) is 12.8. The monoisotopic (exact) mass is 557 g/mol. The number of aliphatic hydroxyl groups is 2. The molecule has 0 aliphatic heterocycles. The zero-order chi connectivity index (χ0) is 27.9. The Bertz CT molecular complexity index is 1400. The molecule has 2 heterocycles. The first-order chi connectivity index (χ1) is 18.7. The van der Waals surface area contributed by atoms with Gasteiger partial charge >= 0.3 is 35.5 Å². The maximum absolute atomic E-state index is 13.8. The van der Waals surface area contributed by atoms with Crippen LogP contribution in [-0.4, -0.2) is 82.6 Å². The Morgan fingerprint density at radius 2 is 1.70 bits per heavy atom. The number of halogens is 1. The molecular weight excluding hydrogens is 524 g/mol. The van der Waals surface area contributed by atoms with Gasteiger partial charge in [-0.15, -0.1) is 0 Å². The molecule has 0 saturated heterocycles. The molecule has 0 fully saturated rings. The Balaban J connectivity index is 0.00000441. The Hall–Kier alpha value is -3.15. The third-order valence-electron chi connectivity index (χ3n) is 6.20. The molecule has 206 valence electrons. The number of hydrogen-bond acceptors (Lipinski definition) is 7. The number of carboxylic acids is 1. The molecule has 2 atom stereocenters. The summed E-state index contributed by atoms with van der Waals surface area (Å²) in [6.07, 6.45) is -0.667. The van der Waals surface area contributed by atoms with E-state index in [0.717, 1.165) is 11.5 Å². The zero-order valence-corrected chi connectivity index (χ0v) is 21.8. The van der Waals surface area contributed by atoms with Gasteiger partial charge < -0.3 is 25.2 Å². The first kappa shape index (κ1) is 31.4. The summed E-state index contributed by atoms with van der Waals surface area (Å²) in [7, 11) is 0. The van der Waals surface area contributed by atoms with Gasteiger partial charge in [-0.05, 0) is 55.3 Å². The van der Waals surface area contributed by atoms with E-state index in [1.54, 1.807) is 24.4 Å². The number of anilines is 2. The Morgan fingerprint density at radius 3 is 2.35 bits per heavy atom. The second kappa shape index (κ2) is 14.5. The molecule has 40 heavy (non-hydrogen) atoms. The van der Waals surface area contributed by atoms with Crippen LogP contribution in [0.5, 0.6) is 0 Å². The van der Waals surface area contributed by atoms with Crippen LogP contribution in [0.25, 0.3) is 22.6 Å². The number of hydrogen-bond donors (Lipinski definition) is 4. The molecule has 0 radical (unpaired) electrons. The van der Waals surface area contributed by atoms with Crippen LogP contribution in [0.2, 0.25) is 0 Å². The molecular formula is C29H33FN5NaO4. The van der Waals surface area contributed by atoms with E-state index in [1.807, 2.05) is 48.7 Å². The molecule has 4 N–H and O–H groups in total. The molecule has 0 saturated carbocycles. The van der Waals surface area contributed by atoms with Crippen LogP contribution in [0, 0.1) is 5.82 Å². The van der Waals surface area contributed by atoms with Crippen LogP contribution in [0.3, 0.4) is 0 Å². The van der Waals surface area contributed by atoms with E-state index in [9.17, 15) is 19.4 Å². The molecule has 2 aromatic carbocycles. The number of aliphatic hydroxyl groups excluding tert-OH is 2. The molecule has 4 aromatic rings. The molecule has 0 spiro atoms. The number of aliphatic carboxylic acids is 1. The Morgan fingerprint density at radius 1 is 1.00 bits per heavy atom. The summed E-state index contributed by atoms with van der Waals surface area (Å²) in [5, 5.41) is 32.7. The van der Waals surface area contributed by atoms with Crippen molar-refractivity contribution in [2.45, 2.75) is 57.8 Å². The van der Waals surface area contributed by atoms with Crippen molar-refractivity contribution in [3.8, 4) is 22.6 Å². The molecule has 0 unspecified atom stereocenters. The van der Waals surface area contributed by atoms with Crippen LogP contribution in [0.1, 0.15) is 44.9 Å². The first-order valence-electron chi connectivity index (χ1n) is 12.8. The SMILES string of the molecule is CC(C)c1nc(-c2ccc(F)cc2)c(-c2ccnc(Nc3ccccc3)n2)n1CC[C@@H](O)C[C@@H](O)CC(=O)O.[NaH]. The number of imidazole rings is 1. The average Bonchev–Trinajstić information content (AvgIpc) is 3.28. The van der Waals surface area contributed by atoms with E-state index in [2.05, 4.69) is 10.3 Å². The molecule has 0 aliphatic carbocycles. The fraction of sp³-hybridized carbons (Fsp3) is 0.310. The van der Waals surface area contributed by atoms with Crippen LogP contribution in [0.15, 0.2) is 66.9 Å². The van der Waals surface area contributed by atoms with Gasteiger partial charge in [-0.1, -0.05) is 32.0 Å². The third-order valence-corrected chi connectivity index (χ3v) is 6.20. The van der Waals surface area contributed by atoms with E-state index in [4.69, 9.17) is 15.1 Å². The number of rotatable bonds is 12. The molecule has 11 heteroatoms. The van der Waals surface area contributed by atoms with E-state index in [1.165, 1.54) is 12.1 Å². The molecule has 9 nitrogen and oxygen atoms in total. The van der Waals surface area contributed by atoms with Gasteiger partial charge in [-0.3, -0.25) is 4.79 Å². The maximum atomic E-state index is 13.8. The number of nitrogens with zero attached hydrogens (tertiary/aromatic N) is 4. The Labute approximate surface area is 254 Å². The molecule has 0 bridgehead atoms. The second-order valence-electron chi connectivity index (χ2n) is 9.67. The molecule has 0 aliphatic rings. The van der Waals surface area contributed by atoms with Crippen molar-refractivity contribution in [2.24, 2.45) is 0 Å². The summed E-state index contributed by atoms with van der Waals surface area (Å²) in [5.41, 5.74) is 3.42. The van der Waals surface area contributed by atoms with Gasteiger partial charge in [0.2, 0.25) is 5.95 Å². The number of nitrogens with one attached hydrogen (secondary N) is 1. The number of carbonyl (C=O) groups is 1. The summed E-state index contributed by atoms with van der Waals surface area (Å²) in [5.74, 6) is -0.334. The average molecular weight is 558 g/mol. The van der Waals surface area contributed by atoms with Crippen molar-refractivity contribution in [3.05, 3.63) is 78.5 Å². The Kier molecular flexibility index (Phi) is 11.4. The van der Waals surface area contributed by atoms with Gasteiger partial charge in [0.1, 0.15) is 11.6 Å². The predicted octanol–water partition coefficient (Wildman–Crippen LogP) is 4.34. The number of carboxylic acid groups (broad SMARTS) is 1. The van der Waals surface area contributed by atoms with E-state index < -0.39 is 24.6 Å². The van der Waals surface area contributed by atoms with Crippen LogP contribution in [0.4, 0.5) is 16.0 Å². The summed E-state index contributed by atoms with van der Waals surface area (Å²) in [4.78, 5) is 24.9. The number of para-hydroxylation sites is 1. The van der Waals surface area contributed by atoms with Crippen molar-refractivity contribution in [1.29, 1.82) is 0 Å². The minimum atomic E-state index is -1.15. The van der Waals surface area contributed by atoms with Crippen LogP contribution >= 0.6 is 0 Å². The van der Waals surface area contributed by atoms with E-state index in [-0.39, 0.29) is 54.1 Å². The van der Waals surface area contributed by atoms with Crippen molar-refractivity contribution in [3.63, 3.8) is 0 Å². The summed E-state index contributed by atoms with van der Waals surface area (Å²) < 4.78 is 15.7. The van der Waals surface area contributed by atoms with E-state index in [0.29, 0.717) is 35.1 Å². The predicted molar refractivity (Wildman–Crippen MR) is 153 cm³/mol. The fourth-order valence-electron chi connectivity index (χ4n) is 4.40. The zero-order valence-electron chi connectivity index (χ0n) is 21.8. The van der Waals surface area contributed by atoms with Gasteiger partial charge in [-0.2, -0.15) is 0 Å². The van der Waals surface area contributed by atoms with Crippen molar-refractivity contribution < 1.29 is 24.5 Å². The van der Waals surface area contributed by atoms with Crippen molar-refractivity contribution in [1.82, 2.24) is 19.5 Å². The van der Waals surface area contributed by atoms with Crippen LogP contribution in [-0.2, 0) is 11.3 Å². The molecule has 0 amide bonds. The summed E-state index contributed by atoms with van der Waals surface area (Å²) >= 11 is 0. The standard InChI is InChI=1S/C29H32FN5O4.Na.H/c1-18(2)28-34-26(19-8-10-20(30)11-9-19)27(35(28)15-13-22(36)16-23(37)17-25(38)39)24-12-14-31-29(33-24)32-21-6-4-3-5-7-21;;/h3-12,14,18,22-23,36-37H,13,15-17H2,1-2H3,(H,38,39)(H,31,32,33);;/t22-,23-;;/m1../s1. The molecule has 4 rings (SSSR count). The van der Waals surface area contributed by atoms with E-state index >= 15 is 0 Å². The second-order valence-corrected chi connectivity index (χ2v) is 9.67. The van der Waals surface area contributed by atoms with Gasteiger partial charge in [0.05, 0.1) is 35.7 Å². The fourth-order valence-corrected chi connectivity index (χ4v) is 4.40. The van der Waals surface area contributed by atoms with Crippen LogP contribution < -0.4 is 5.32 Å². The van der Waals surface area contributed by atoms with Crippen molar-refractivity contribution >= 4 is 47.2 Å². The summed E-state index contributed by atoms with van der Waals surface area (Å²) in [6.45, 7) is 4.35. The van der Waals surface area contributed by atoms with Gasteiger partial charge in [-0.25, -0.2) is 19.3 Å². The van der Waals surface area contributed by atoms with Gasteiger partial charge in [0.15, 0.2) is 0 Å². The quantitative estimate of drug-likeness (QED) is 0.189. The normalized spacial score (nSPS) is 12.6. The number of benzene rings is 2.